The fraction of sp³-hybridized carbons (Fsp3) is 0.846. The highest BCUT2D eigenvalue weighted by Crippen LogP contribution is 2.55. The van der Waals surface area contributed by atoms with Gasteiger partial charge in [0, 0.05) is 6.54 Å². The first kappa shape index (κ1) is 12.4. The zero-order valence-corrected chi connectivity index (χ0v) is 11.1. The van der Waals surface area contributed by atoms with Crippen LogP contribution in [-0.2, 0) is 9.53 Å². The molecule has 1 saturated carbocycles. The van der Waals surface area contributed by atoms with Crippen molar-refractivity contribution in [3.8, 4) is 0 Å². The van der Waals surface area contributed by atoms with Crippen molar-refractivity contribution in [2.24, 2.45) is 5.41 Å². The number of Topliss-reactive ketones (excluding diaryl/α,β-unsaturated/α-hetero) is 1. The van der Waals surface area contributed by atoms with Gasteiger partial charge in [0.2, 0.25) is 0 Å². The lowest BCUT2D eigenvalue weighted by atomic mass is 10.0. The van der Waals surface area contributed by atoms with Gasteiger partial charge in [-0.05, 0) is 52.4 Å². The lowest BCUT2D eigenvalue weighted by Crippen LogP contribution is -2.42. The lowest BCUT2D eigenvalue weighted by molar-refractivity contribution is -0.121. The third kappa shape index (κ3) is 2.61. The quantitative estimate of drug-likeness (QED) is 0.705. The minimum absolute atomic E-state index is 0.0691. The average Bonchev–Trinajstić information content (AvgIpc) is 2.73. The first-order valence-corrected chi connectivity index (χ1v) is 6.23. The zero-order chi connectivity index (χ0) is 12.8. The van der Waals surface area contributed by atoms with Crippen LogP contribution in [0.25, 0.3) is 0 Å². The number of carbonyl (C=O) groups is 2. The molecule has 1 aliphatic heterocycles. The molecule has 0 radical (unpaired) electrons. The zero-order valence-electron chi connectivity index (χ0n) is 11.1. The molecule has 0 aromatic carbocycles. The summed E-state index contributed by atoms with van der Waals surface area (Å²) in [5.74, 6) is 0.0691. The Morgan fingerprint density at radius 3 is 2.29 bits per heavy atom. The predicted molar refractivity (Wildman–Crippen MR) is 63.7 cm³/mol. The smallest absolute Gasteiger partial charge is 0.410 e. The molecule has 2 rings (SSSR count). The number of ketones is 1. The molecule has 0 aromatic rings. The second-order valence-corrected chi connectivity index (χ2v) is 6.44. The van der Waals surface area contributed by atoms with Crippen LogP contribution >= 0.6 is 0 Å². The van der Waals surface area contributed by atoms with Crippen molar-refractivity contribution in [1.82, 2.24) is 4.90 Å². The Bertz CT molecular complexity index is 352. The van der Waals surface area contributed by atoms with Crippen molar-refractivity contribution in [3.63, 3.8) is 0 Å². The van der Waals surface area contributed by atoms with Gasteiger partial charge in [-0.2, -0.15) is 0 Å². The van der Waals surface area contributed by atoms with Gasteiger partial charge in [0.05, 0.1) is 6.04 Å². The van der Waals surface area contributed by atoms with E-state index in [9.17, 15) is 9.59 Å². The number of carbonyl (C=O) groups excluding carboxylic acids is 2. The second kappa shape index (κ2) is 3.72. The largest absolute Gasteiger partial charge is 0.444 e. The third-order valence-electron chi connectivity index (χ3n) is 3.56. The van der Waals surface area contributed by atoms with Gasteiger partial charge in [0.25, 0.3) is 0 Å². The standard InChI is InChI=1S/C13H21NO3/c1-9(15)10-7-13(5-6-13)8-14(10)11(16)17-12(2,3)4/h10H,5-8H2,1-4H3. The van der Waals surface area contributed by atoms with Gasteiger partial charge in [0.1, 0.15) is 5.60 Å². The highest BCUT2D eigenvalue weighted by Gasteiger charge is 2.55. The van der Waals surface area contributed by atoms with Crippen molar-refractivity contribution in [2.45, 2.75) is 58.6 Å². The summed E-state index contributed by atoms with van der Waals surface area (Å²) in [7, 11) is 0. The van der Waals surface area contributed by atoms with Gasteiger partial charge in [-0.25, -0.2) is 4.79 Å². The Morgan fingerprint density at radius 2 is 1.88 bits per heavy atom. The molecule has 96 valence electrons. The molecule has 0 aromatic heterocycles. The van der Waals surface area contributed by atoms with E-state index in [1.807, 2.05) is 20.8 Å². The van der Waals surface area contributed by atoms with Crippen LogP contribution in [0.2, 0.25) is 0 Å². The lowest BCUT2D eigenvalue weighted by Gasteiger charge is -2.27. The molecule has 2 fully saturated rings. The van der Waals surface area contributed by atoms with E-state index in [4.69, 9.17) is 4.74 Å². The maximum absolute atomic E-state index is 12.0. The molecule has 1 amide bonds. The van der Waals surface area contributed by atoms with Crippen LogP contribution in [0, 0.1) is 5.41 Å². The summed E-state index contributed by atoms with van der Waals surface area (Å²) in [6, 6.07) is -0.271. The molecule has 4 heteroatoms. The number of amides is 1. The number of rotatable bonds is 1. The molecular formula is C13H21NO3. The Kier molecular flexibility index (Phi) is 2.71. The first-order valence-electron chi connectivity index (χ1n) is 6.23. The van der Waals surface area contributed by atoms with Gasteiger partial charge in [0.15, 0.2) is 5.78 Å². The van der Waals surface area contributed by atoms with E-state index >= 15 is 0 Å². The molecule has 1 saturated heterocycles. The van der Waals surface area contributed by atoms with E-state index in [-0.39, 0.29) is 23.3 Å². The Morgan fingerprint density at radius 1 is 1.29 bits per heavy atom. The summed E-state index contributed by atoms with van der Waals surface area (Å²) in [6.07, 6.45) is 2.75. The predicted octanol–water partition coefficient (Wildman–Crippen LogP) is 2.37. The maximum atomic E-state index is 12.0. The molecule has 17 heavy (non-hydrogen) atoms. The highest BCUT2D eigenvalue weighted by molar-refractivity contribution is 5.86. The van der Waals surface area contributed by atoms with Crippen LogP contribution in [0.3, 0.4) is 0 Å². The van der Waals surface area contributed by atoms with Crippen molar-refractivity contribution < 1.29 is 14.3 Å². The number of nitrogens with zero attached hydrogens (tertiary/aromatic N) is 1. The van der Waals surface area contributed by atoms with Crippen molar-refractivity contribution in [1.29, 1.82) is 0 Å². The Labute approximate surface area is 102 Å². The van der Waals surface area contributed by atoms with Gasteiger partial charge in [-0.3, -0.25) is 9.69 Å². The van der Waals surface area contributed by atoms with E-state index in [1.54, 1.807) is 11.8 Å². The summed E-state index contributed by atoms with van der Waals surface area (Å²) in [4.78, 5) is 25.3. The molecule has 1 atom stereocenters. The summed E-state index contributed by atoms with van der Waals surface area (Å²) in [6.45, 7) is 7.78. The van der Waals surface area contributed by atoms with Crippen molar-refractivity contribution in [3.05, 3.63) is 0 Å². The van der Waals surface area contributed by atoms with E-state index in [2.05, 4.69) is 0 Å². The highest BCUT2D eigenvalue weighted by atomic mass is 16.6. The molecule has 2 aliphatic rings. The van der Waals surface area contributed by atoms with E-state index in [0.717, 1.165) is 19.3 Å². The van der Waals surface area contributed by atoms with Crippen LogP contribution in [0.15, 0.2) is 0 Å². The van der Waals surface area contributed by atoms with E-state index in [0.29, 0.717) is 6.54 Å². The Hall–Kier alpha value is -1.06. The van der Waals surface area contributed by atoms with Gasteiger partial charge >= 0.3 is 6.09 Å². The molecular weight excluding hydrogens is 218 g/mol. The topological polar surface area (TPSA) is 46.6 Å². The third-order valence-corrected chi connectivity index (χ3v) is 3.56. The summed E-state index contributed by atoms with van der Waals surface area (Å²) >= 11 is 0. The number of likely N-dealkylation sites (tertiary alicyclic amines) is 1. The minimum Gasteiger partial charge on any atom is -0.444 e. The molecule has 1 unspecified atom stereocenters. The maximum Gasteiger partial charge on any atom is 0.410 e. The number of ether oxygens (including phenoxy) is 1. The monoisotopic (exact) mass is 239 g/mol. The van der Waals surface area contributed by atoms with Gasteiger partial charge < -0.3 is 4.74 Å². The molecule has 1 spiro atoms. The summed E-state index contributed by atoms with van der Waals surface area (Å²) in [5, 5.41) is 0. The molecule has 1 heterocycles. The van der Waals surface area contributed by atoms with Gasteiger partial charge in [-0.15, -0.1) is 0 Å². The minimum atomic E-state index is -0.502. The number of hydrogen-bond acceptors (Lipinski definition) is 3. The normalized spacial score (nSPS) is 26.1. The van der Waals surface area contributed by atoms with Crippen LogP contribution in [0.5, 0.6) is 0 Å². The second-order valence-electron chi connectivity index (χ2n) is 6.44. The summed E-state index contributed by atoms with van der Waals surface area (Å²) in [5.41, 5.74) is -0.273. The first-order chi connectivity index (χ1) is 7.72. The average molecular weight is 239 g/mol. The van der Waals surface area contributed by atoms with Crippen LogP contribution < -0.4 is 0 Å². The molecule has 0 bridgehead atoms. The van der Waals surface area contributed by atoms with Gasteiger partial charge in [-0.1, -0.05) is 0 Å². The summed E-state index contributed by atoms with van der Waals surface area (Å²) < 4.78 is 5.36. The number of hydrogen-bond donors (Lipinski definition) is 0. The van der Waals surface area contributed by atoms with Crippen molar-refractivity contribution >= 4 is 11.9 Å². The van der Waals surface area contributed by atoms with Crippen LogP contribution in [0.1, 0.15) is 47.0 Å². The van der Waals surface area contributed by atoms with Crippen LogP contribution in [-0.4, -0.2) is 35.0 Å². The van der Waals surface area contributed by atoms with Crippen LogP contribution in [0.4, 0.5) is 4.79 Å². The Balaban J connectivity index is 2.08. The molecule has 4 nitrogen and oxygen atoms in total. The molecule has 0 N–H and O–H groups in total. The van der Waals surface area contributed by atoms with E-state index in [1.165, 1.54) is 0 Å². The molecule has 1 aliphatic carbocycles. The fourth-order valence-corrected chi connectivity index (χ4v) is 2.47. The SMILES string of the molecule is CC(=O)C1CC2(CC2)CN1C(=O)OC(C)(C)C. The van der Waals surface area contributed by atoms with Crippen molar-refractivity contribution in [2.75, 3.05) is 6.54 Å². The van der Waals surface area contributed by atoms with E-state index < -0.39 is 5.60 Å². The fourth-order valence-electron chi connectivity index (χ4n) is 2.47.